The van der Waals surface area contributed by atoms with Crippen molar-refractivity contribution in [3.63, 3.8) is 0 Å². The molecule has 4 nitrogen and oxygen atoms in total. The molecule has 0 bridgehead atoms. The average Bonchev–Trinajstić information content (AvgIpc) is 2.34. The zero-order valence-electron chi connectivity index (χ0n) is 5.70. The topological polar surface area (TPSA) is 42.2 Å². The van der Waals surface area contributed by atoms with Crippen molar-refractivity contribution in [1.29, 1.82) is 0 Å². The number of nitrogens with one attached hydrogen (secondary N) is 1. The van der Waals surface area contributed by atoms with E-state index >= 15 is 0 Å². The summed E-state index contributed by atoms with van der Waals surface area (Å²) in [6.07, 6.45) is 3.69. The third kappa shape index (κ3) is 0.618. The van der Waals surface area contributed by atoms with Crippen molar-refractivity contribution in [3.05, 3.63) is 17.2 Å². The van der Waals surface area contributed by atoms with Gasteiger partial charge in [0.2, 0.25) is 0 Å². The van der Waals surface area contributed by atoms with E-state index in [1.165, 1.54) is 0 Å². The molecule has 1 aliphatic rings. The van der Waals surface area contributed by atoms with E-state index < -0.39 is 0 Å². The van der Waals surface area contributed by atoms with E-state index in [9.17, 15) is 0 Å². The Balaban J connectivity index is 2.89. The van der Waals surface area contributed by atoms with Gasteiger partial charge in [-0.1, -0.05) is 0 Å². The molecule has 0 amide bonds. The maximum absolute atomic E-state index is 4.14. The normalized spacial score (nSPS) is 14.5. The van der Waals surface area contributed by atoms with Gasteiger partial charge >= 0.3 is 0 Å². The van der Waals surface area contributed by atoms with E-state index in [0.29, 0.717) is 6.67 Å². The molecule has 2 rings (SSSR count). The summed E-state index contributed by atoms with van der Waals surface area (Å²) in [5.74, 6) is 0. The van der Waals surface area contributed by atoms with Crippen LogP contribution in [0.4, 0.5) is 0 Å². The predicted molar refractivity (Wildman–Crippen MR) is 36.5 cm³/mol. The molecule has 0 fully saturated rings. The number of fused-ring (bicyclic) bond motifs is 1. The lowest BCUT2D eigenvalue weighted by atomic mass is 10.6. The van der Waals surface area contributed by atoms with Crippen molar-refractivity contribution in [2.24, 2.45) is 12.0 Å². The molecule has 0 unspecified atom stereocenters. The molecule has 2 heterocycles. The maximum Gasteiger partial charge on any atom is 0.176 e. The van der Waals surface area contributed by atoms with E-state index in [2.05, 4.69) is 15.3 Å². The minimum absolute atomic E-state index is 0.643. The molecule has 0 atom stereocenters. The SMILES string of the molecule is Cn1cnc2c1=CNCN=2. The van der Waals surface area contributed by atoms with Crippen LogP contribution in [0.3, 0.4) is 0 Å². The highest BCUT2D eigenvalue weighted by molar-refractivity contribution is 5.16. The number of hydrogen-bond donors (Lipinski definition) is 1. The van der Waals surface area contributed by atoms with Crippen LogP contribution in [0.25, 0.3) is 6.20 Å². The van der Waals surface area contributed by atoms with Crippen LogP contribution in [0.5, 0.6) is 0 Å². The van der Waals surface area contributed by atoms with Gasteiger partial charge in [0.05, 0.1) is 6.33 Å². The van der Waals surface area contributed by atoms with Crippen LogP contribution in [-0.4, -0.2) is 16.2 Å². The summed E-state index contributed by atoms with van der Waals surface area (Å²) in [5.41, 5.74) is 0.834. The van der Waals surface area contributed by atoms with E-state index in [1.54, 1.807) is 6.33 Å². The number of nitrogens with zero attached hydrogens (tertiary/aromatic N) is 3. The predicted octanol–water partition coefficient (Wildman–Crippen LogP) is -1.66. The van der Waals surface area contributed by atoms with Crippen LogP contribution in [-0.2, 0) is 7.05 Å². The molecular formula is C6H8N4. The molecule has 0 saturated carbocycles. The fraction of sp³-hybridized carbons (Fsp3) is 0.333. The summed E-state index contributed by atoms with van der Waals surface area (Å²) in [6, 6.07) is 0. The lowest BCUT2D eigenvalue weighted by Crippen LogP contribution is -2.36. The van der Waals surface area contributed by atoms with Crippen LogP contribution >= 0.6 is 0 Å². The summed E-state index contributed by atoms with van der Waals surface area (Å²) in [4.78, 5) is 8.22. The second-order valence-electron chi connectivity index (χ2n) is 2.23. The van der Waals surface area contributed by atoms with Crippen LogP contribution in [0.15, 0.2) is 11.3 Å². The first-order valence-electron chi connectivity index (χ1n) is 3.13. The summed E-state index contributed by atoms with van der Waals surface area (Å²) < 4.78 is 1.94. The van der Waals surface area contributed by atoms with Crippen molar-refractivity contribution in [3.8, 4) is 0 Å². The van der Waals surface area contributed by atoms with Gasteiger partial charge in [0, 0.05) is 13.2 Å². The van der Waals surface area contributed by atoms with Gasteiger partial charge in [0.25, 0.3) is 0 Å². The Bertz CT molecular complexity index is 348. The number of imidazole rings is 1. The average molecular weight is 136 g/mol. The maximum atomic E-state index is 4.14. The Hall–Kier alpha value is -1.32. The molecule has 0 spiro atoms. The van der Waals surface area contributed by atoms with Gasteiger partial charge in [0.1, 0.15) is 12.0 Å². The highest BCUT2D eigenvalue weighted by atomic mass is 15.1. The number of aromatic nitrogens is 2. The third-order valence-electron chi connectivity index (χ3n) is 1.52. The van der Waals surface area contributed by atoms with Gasteiger partial charge in [0.15, 0.2) is 5.49 Å². The molecule has 10 heavy (non-hydrogen) atoms. The van der Waals surface area contributed by atoms with Gasteiger partial charge in [-0.2, -0.15) is 0 Å². The van der Waals surface area contributed by atoms with Gasteiger partial charge in [-0.3, -0.25) is 0 Å². The summed E-state index contributed by atoms with van der Waals surface area (Å²) in [7, 11) is 1.95. The van der Waals surface area contributed by atoms with Crippen LogP contribution < -0.4 is 16.2 Å². The Morgan fingerprint density at radius 3 is 3.40 bits per heavy atom. The summed E-state index contributed by atoms with van der Waals surface area (Å²) in [5, 5.41) is 4.06. The molecule has 1 aromatic heterocycles. The Kier molecular flexibility index (Phi) is 1.00. The van der Waals surface area contributed by atoms with Crippen molar-refractivity contribution in [1.82, 2.24) is 14.9 Å². The van der Waals surface area contributed by atoms with Crippen LogP contribution in [0, 0.1) is 0 Å². The van der Waals surface area contributed by atoms with Gasteiger partial charge in [-0.05, 0) is 0 Å². The lowest BCUT2D eigenvalue weighted by molar-refractivity contribution is 0.813. The van der Waals surface area contributed by atoms with E-state index in [1.807, 2.05) is 17.8 Å². The Morgan fingerprint density at radius 2 is 2.60 bits per heavy atom. The number of aryl methyl sites for hydroxylation is 1. The monoisotopic (exact) mass is 136 g/mol. The molecule has 0 saturated heterocycles. The highest BCUT2D eigenvalue weighted by Gasteiger charge is 1.96. The standard InChI is InChI=1S/C6H8N4/c1-10-4-9-6-5(10)2-7-3-8-6/h2,4,7H,3H2,1H3. The first kappa shape index (κ1) is 5.46. The molecule has 1 aliphatic heterocycles. The minimum Gasteiger partial charge on any atom is -0.370 e. The van der Waals surface area contributed by atoms with Crippen molar-refractivity contribution < 1.29 is 0 Å². The minimum atomic E-state index is 0.643. The Morgan fingerprint density at radius 1 is 1.70 bits per heavy atom. The molecular weight excluding hydrogens is 128 g/mol. The molecule has 0 radical (unpaired) electrons. The van der Waals surface area contributed by atoms with E-state index in [-0.39, 0.29) is 0 Å². The summed E-state index contributed by atoms with van der Waals surface area (Å²) >= 11 is 0. The zero-order valence-corrected chi connectivity index (χ0v) is 5.70. The zero-order chi connectivity index (χ0) is 6.97. The van der Waals surface area contributed by atoms with Gasteiger partial charge in [-0.15, -0.1) is 0 Å². The van der Waals surface area contributed by atoms with Gasteiger partial charge in [-0.25, -0.2) is 9.98 Å². The second-order valence-corrected chi connectivity index (χ2v) is 2.23. The first-order valence-corrected chi connectivity index (χ1v) is 3.13. The third-order valence-corrected chi connectivity index (χ3v) is 1.52. The number of rotatable bonds is 0. The van der Waals surface area contributed by atoms with Crippen molar-refractivity contribution >= 4 is 6.20 Å². The summed E-state index contributed by atoms with van der Waals surface area (Å²) in [6.45, 7) is 0.643. The van der Waals surface area contributed by atoms with Crippen LogP contribution in [0.1, 0.15) is 0 Å². The van der Waals surface area contributed by atoms with Gasteiger partial charge < -0.3 is 9.88 Å². The highest BCUT2D eigenvalue weighted by Crippen LogP contribution is 1.69. The molecule has 0 aromatic carbocycles. The fourth-order valence-corrected chi connectivity index (χ4v) is 0.978. The first-order chi connectivity index (χ1) is 4.88. The molecule has 0 aliphatic carbocycles. The van der Waals surface area contributed by atoms with Crippen LogP contribution in [0.2, 0.25) is 0 Å². The van der Waals surface area contributed by atoms with Crippen molar-refractivity contribution in [2.75, 3.05) is 6.67 Å². The molecule has 1 N–H and O–H groups in total. The molecule has 52 valence electrons. The second kappa shape index (κ2) is 1.83. The number of hydrogen-bond acceptors (Lipinski definition) is 3. The smallest absolute Gasteiger partial charge is 0.176 e. The quantitative estimate of drug-likeness (QED) is 0.464. The lowest BCUT2D eigenvalue weighted by Gasteiger charge is -1.97. The Labute approximate surface area is 57.9 Å². The molecule has 1 aromatic rings. The van der Waals surface area contributed by atoms with E-state index in [4.69, 9.17) is 0 Å². The van der Waals surface area contributed by atoms with Crippen molar-refractivity contribution in [2.45, 2.75) is 0 Å². The van der Waals surface area contributed by atoms with E-state index in [0.717, 1.165) is 10.8 Å². The molecule has 4 heteroatoms. The fourth-order valence-electron chi connectivity index (χ4n) is 0.978. The largest absolute Gasteiger partial charge is 0.370 e.